The lowest BCUT2D eigenvalue weighted by molar-refractivity contribution is 0.0305. The van der Waals surface area contributed by atoms with E-state index in [4.69, 9.17) is 12.6 Å². The fourth-order valence-corrected chi connectivity index (χ4v) is 5.26. The summed E-state index contributed by atoms with van der Waals surface area (Å²) in [5.74, 6) is 2.15. The summed E-state index contributed by atoms with van der Waals surface area (Å²) < 4.78 is 0. The Morgan fingerprint density at radius 2 is 1.67 bits per heavy atom. The molecule has 0 aromatic heterocycles. The third-order valence-electron chi connectivity index (χ3n) is 5.90. The zero-order chi connectivity index (χ0) is 12.4. The standard InChI is InChI=1S/C16H29NS/c18-13-16(9-3-4-10-16)12-17-11-5-7-14-6-1-2-8-15(14)17/h14-15,18H,1-13H2. The van der Waals surface area contributed by atoms with Gasteiger partial charge in [-0.3, -0.25) is 4.90 Å². The van der Waals surface area contributed by atoms with Gasteiger partial charge in [0.05, 0.1) is 0 Å². The molecule has 3 fully saturated rings. The van der Waals surface area contributed by atoms with Crippen LogP contribution in [0.4, 0.5) is 0 Å². The molecule has 0 N–H and O–H groups in total. The maximum atomic E-state index is 4.69. The number of piperidine rings is 1. The Labute approximate surface area is 118 Å². The second-order valence-corrected chi connectivity index (χ2v) is 7.41. The summed E-state index contributed by atoms with van der Waals surface area (Å²) in [6.45, 7) is 2.73. The van der Waals surface area contributed by atoms with Crippen LogP contribution in [-0.2, 0) is 0 Å². The SMILES string of the molecule is SCC1(CN2CCCC3CCCCC32)CCCC1. The van der Waals surface area contributed by atoms with Crippen molar-refractivity contribution in [2.45, 2.75) is 70.3 Å². The van der Waals surface area contributed by atoms with E-state index in [-0.39, 0.29) is 0 Å². The van der Waals surface area contributed by atoms with Crippen molar-refractivity contribution in [2.75, 3.05) is 18.8 Å². The zero-order valence-corrected chi connectivity index (χ0v) is 12.6. The van der Waals surface area contributed by atoms with E-state index < -0.39 is 0 Å². The molecule has 2 atom stereocenters. The van der Waals surface area contributed by atoms with Gasteiger partial charge < -0.3 is 0 Å². The first-order chi connectivity index (χ1) is 8.83. The van der Waals surface area contributed by atoms with Gasteiger partial charge in [-0.1, -0.05) is 25.7 Å². The van der Waals surface area contributed by atoms with Crippen LogP contribution < -0.4 is 0 Å². The average molecular weight is 267 g/mol. The van der Waals surface area contributed by atoms with Crippen LogP contribution in [0.5, 0.6) is 0 Å². The quantitative estimate of drug-likeness (QED) is 0.753. The van der Waals surface area contributed by atoms with Crippen molar-refractivity contribution in [1.82, 2.24) is 4.90 Å². The molecule has 3 rings (SSSR count). The maximum Gasteiger partial charge on any atom is 0.0124 e. The smallest absolute Gasteiger partial charge is 0.0124 e. The fraction of sp³-hybridized carbons (Fsp3) is 1.00. The Morgan fingerprint density at radius 3 is 2.44 bits per heavy atom. The molecule has 1 aliphatic heterocycles. The van der Waals surface area contributed by atoms with Crippen molar-refractivity contribution in [1.29, 1.82) is 0 Å². The number of likely N-dealkylation sites (tertiary alicyclic amines) is 1. The lowest BCUT2D eigenvalue weighted by Gasteiger charge is -2.47. The van der Waals surface area contributed by atoms with Crippen molar-refractivity contribution < 1.29 is 0 Å². The van der Waals surface area contributed by atoms with Crippen LogP contribution in [0.1, 0.15) is 64.2 Å². The summed E-state index contributed by atoms with van der Waals surface area (Å²) in [6.07, 6.45) is 14.7. The van der Waals surface area contributed by atoms with Crippen LogP contribution in [0.3, 0.4) is 0 Å². The van der Waals surface area contributed by atoms with Gasteiger partial charge in [-0.15, -0.1) is 0 Å². The highest BCUT2D eigenvalue weighted by molar-refractivity contribution is 7.80. The highest BCUT2D eigenvalue weighted by atomic mass is 32.1. The average Bonchev–Trinajstić information content (AvgIpc) is 2.88. The highest BCUT2D eigenvalue weighted by Gasteiger charge is 2.39. The molecule has 0 amide bonds. The summed E-state index contributed by atoms with van der Waals surface area (Å²) >= 11 is 4.69. The molecule has 104 valence electrons. The van der Waals surface area contributed by atoms with Gasteiger partial charge in [0.1, 0.15) is 0 Å². The molecular weight excluding hydrogens is 238 g/mol. The minimum Gasteiger partial charge on any atom is -0.300 e. The molecule has 0 radical (unpaired) electrons. The molecule has 18 heavy (non-hydrogen) atoms. The van der Waals surface area contributed by atoms with E-state index in [9.17, 15) is 0 Å². The molecule has 2 aliphatic carbocycles. The van der Waals surface area contributed by atoms with Gasteiger partial charge in [0, 0.05) is 12.6 Å². The summed E-state index contributed by atoms with van der Waals surface area (Å²) in [5.41, 5.74) is 0.572. The minimum atomic E-state index is 0.572. The molecular formula is C16H29NS. The van der Waals surface area contributed by atoms with E-state index in [1.54, 1.807) is 0 Å². The van der Waals surface area contributed by atoms with E-state index in [0.29, 0.717) is 5.41 Å². The number of hydrogen-bond acceptors (Lipinski definition) is 2. The fourth-order valence-electron chi connectivity index (χ4n) is 4.85. The summed E-state index contributed by atoms with van der Waals surface area (Å²) in [6, 6.07) is 0.935. The lowest BCUT2D eigenvalue weighted by Crippen LogP contribution is -2.50. The van der Waals surface area contributed by atoms with Gasteiger partial charge >= 0.3 is 0 Å². The Morgan fingerprint density at radius 1 is 0.944 bits per heavy atom. The van der Waals surface area contributed by atoms with Crippen LogP contribution in [0.2, 0.25) is 0 Å². The van der Waals surface area contributed by atoms with Gasteiger partial charge in [0.2, 0.25) is 0 Å². The first kappa shape index (κ1) is 13.3. The molecule has 1 saturated heterocycles. The first-order valence-corrected chi connectivity index (χ1v) is 8.81. The Kier molecular flexibility index (Phi) is 4.25. The largest absolute Gasteiger partial charge is 0.300 e. The number of nitrogens with zero attached hydrogens (tertiary/aromatic N) is 1. The van der Waals surface area contributed by atoms with E-state index in [2.05, 4.69) is 4.90 Å². The molecule has 2 heteroatoms. The molecule has 0 aromatic rings. The molecule has 0 aromatic carbocycles. The topological polar surface area (TPSA) is 3.24 Å². The van der Waals surface area contributed by atoms with Gasteiger partial charge in [0.15, 0.2) is 0 Å². The monoisotopic (exact) mass is 267 g/mol. The van der Waals surface area contributed by atoms with Crippen molar-refractivity contribution in [3.05, 3.63) is 0 Å². The van der Waals surface area contributed by atoms with Gasteiger partial charge in [0.25, 0.3) is 0 Å². The van der Waals surface area contributed by atoms with Crippen molar-refractivity contribution >= 4 is 12.6 Å². The molecule has 1 nitrogen and oxygen atoms in total. The zero-order valence-electron chi connectivity index (χ0n) is 11.7. The number of fused-ring (bicyclic) bond motifs is 1. The van der Waals surface area contributed by atoms with Crippen molar-refractivity contribution in [2.24, 2.45) is 11.3 Å². The van der Waals surface area contributed by atoms with E-state index in [1.807, 2.05) is 0 Å². The summed E-state index contributed by atoms with van der Waals surface area (Å²) in [7, 11) is 0. The Balaban J connectivity index is 1.66. The third kappa shape index (κ3) is 2.60. The molecule has 3 aliphatic rings. The minimum absolute atomic E-state index is 0.572. The molecule has 0 bridgehead atoms. The third-order valence-corrected chi connectivity index (χ3v) is 6.57. The van der Waals surface area contributed by atoms with Crippen LogP contribution >= 0.6 is 12.6 Å². The van der Waals surface area contributed by atoms with Crippen LogP contribution in [0.15, 0.2) is 0 Å². The molecule has 2 saturated carbocycles. The molecule has 0 spiro atoms. The van der Waals surface area contributed by atoms with Crippen molar-refractivity contribution in [3.63, 3.8) is 0 Å². The molecule has 1 heterocycles. The number of rotatable bonds is 3. The Hall–Kier alpha value is 0.310. The highest BCUT2D eigenvalue weighted by Crippen LogP contribution is 2.43. The second kappa shape index (κ2) is 5.75. The first-order valence-electron chi connectivity index (χ1n) is 8.18. The van der Waals surface area contributed by atoms with Gasteiger partial charge in [-0.25, -0.2) is 0 Å². The van der Waals surface area contributed by atoms with Crippen LogP contribution in [-0.4, -0.2) is 29.8 Å². The van der Waals surface area contributed by atoms with E-state index in [1.165, 1.54) is 77.3 Å². The summed E-state index contributed by atoms with van der Waals surface area (Å²) in [5, 5.41) is 0. The van der Waals surface area contributed by atoms with Gasteiger partial charge in [-0.2, -0.15) is 12.6 Å². The number of thiol groups is 1. The van der Waals surface area contributed by atoms with E-state index >= 15 is 0 Å². The van der Waals surface area contributed by atoms with E-state index in [0.717, 1.165) is 17.7 Å². The predicted octanol–water partition coefficient (Wildman–Crippen LogP) is 4.13. The maximum absolute atomic E-state index is 4.69. The predicted molar refractivity (Wildman–Crippen MR) is 81.3 cm³/mol. The van der Waals surface area contributed by atoms with Crippen LogP contribution in [0, 0.1) is 11.3 Å². The second-order valence-electron chi connectivity index (χ2n) is 7.09. The van der Waals surface area contributed by atoms with Crippen molar-refractivity contribution in [3.8, 4) is 0 Å². The number of hydrogen-bond donors (Lipinski definition) is 1. The molecule has 2 unspecified atom stereocenters. The normalized spacial score (nSPS) is 36.5. The summed E-state index contributed by atoms with van der Waals surface area (Å²) in [4.78, 5) is 2.88. The van der Waals surface area contributed by atoms with Gasteiger partial charge in [-0.05, 0) is 62.2 Å². The Bertz CT molecular complexity index is 270. The lowest BCUT2D eigenvalue weighted by atomic mass is 9.77. The van der Waals surface area contributed by atoms with Crippen LogP contribution in [0.25, 0.3) is 0 Å².